The molecule has 88 valence electrons. The molecule has 0 aliphatic carbocycles. The van der Waals surface area contributed by atoms with Crippen molar-refractivity contribution in [2.24, 2.45) is 11.8 Å². The Morgan fingerprint density at radius 3 is 1.47 bits per heavy atom. The summed E-state index contributed by atoms with van der Waals surface area (Å²) in [5.74, 6) is -2.86. The van der Waals surface area contributed by atoms with Gasteiger partial charge in [0, 0.05) is 11.9 Å². The monoisotopic (exact) mass is 214 g/mol. The molecule has 0 aromatic heterocycles. The molecule has 0 fully saturated rings. The van der Waals surface area contributed by atoms with Gasteiger partial charge in [0.1, 0.15) is 0 Å². The summed E-state index contributed by atoms with van der Waals surface area (Å²) in [5.41, 5.74) is 0. The molecule has 0 bridgehead atoms. The van der Waals surface area contributed by atoms with Gasteiger partial charge in [0.25, 0.3) is 0 Å². The summed E-state index contributed by atoms with van der Waals surface area (Å²) >= 11 is 0. The van der Waals surface area contributed by atoms with Gasteiger partial charge >= 0.3 is 0 Å². The maximum absolute atomic E-state index is 10.4. The van der Waals surface area contributed by atoms with E-state index in [-0.39, 0.29) is 0 Å². The van der Waals surface area contributed by atoms with E-state index in [2.05, 4.69) is 0 Å². The van der Waals surface area contributed by atoms with E-state index in [9.17, 15) is 19.8 Å². The van der Waals surface area contributed by atoms with Gasteiger partial charge in [0.15, 0.2) is 0 Å². The molecule has 0 aromatic carbocycles. The Labute approximate surface area is 90.3 Å². The minimum atomic E-state index is -1.02. The molecular weight excluding hydrogens is 196 g/mol. The zero-order valence-electron chi connectivity index (χ0n) is 9.32. The molecule has 4 nitrogen and oxygen atoms in total. The molecule has 0 rings (SSSR count). The summed E-state index contributed by atoms with van der Waals surface area (Å²) in [6, 6.07) is 0. The molecule has 0 spiro atoms. The van der Waals surface area contributed by atoms with E-state index in [1.54, 1.807) is 13.8 Å². The predicted molar refractivity (Wildman–Crippen MR) is 51.4 cm³/mol. The van der Waals surface area contributed by atoms with Gasteiger partial charge in [-0.25, -0.2) is 0 Å². The molecule has 0 aliphatic rings. The van der Waals surface area contributed by atoms with Crippen molar-refractivity contribution in [2.45, 2.75) is 46.0 Å². The number of hydrogen-bond donors (Lipinski definition) is 0. The third-order valence-electron chi connectivity index (χ3n) is 2.58. The number of carbonyl (C=O) groups excluding carboxylic acids is 2. The van der Waals surface area contributed by atoms with Crippen LogP contribution in [0.25, 0.3) is 0 Å². The first-order valence-electron chi connectivity index (χ1n) is 5.37. The Morgan fingerprint density at radius 1 is 0.867 bits per heavy atom. The zero-order chi connectivity index (χ0) is 11.8. The van der Waals surface area contributed by atoms with Crippen molar-refractivity contribution in [3.05, 3.63) is 0 Å². The average molecular weight is 214 g/mol. The van der Waals surface area contributed by atoms with E-state index < -0.39 is 23.8 Å². The van der Waals surface area contributed by atoms with Crippen LogP contribution in [0, 0.1) is 11.8 Å². The second-order valence-corrected chi connectivity index (χ2v) is 4.08. The topological polar surface area (TPSA) is 80.3 Å². The highest BCUT2D eigenvalue weighted by molar-refractivity contribution is 5.67. The second-order valence-electron chi connectivity index (χ2n) is 4.08. The van der Waals surface area contributed by atoms with Crippen molar-refractivity contribution in [3.8, 4) is 0 Å². The molecule has 0 saturated carbocycles. The normalized spacial score (nSPS) is 14.5. The lowest BCUT2D eigenvalue weighted by atomic mass is 9.99. The lowest BCUT2D eigenvalue weighted by molar-refractivity contribution is -0.312. The summed E-state index contributed by atoms with van der Waals surface area (Å²) in [7, 11) is 0. The smallest absolute Gasteiger partial charge is 0.0442 e. The van der Waals surface area contributed by atoms with Gasteiger partial charge in [-0.15, -0.1) is 0 Å². The Balaban J connectivity index is 3.40. The van der Waals surface area contributed by atoms with Crippen molar-refractivity contribution < 1.29 is 19.8 Å². The molecule has 0 aliphatic heterocycles. The largest absolute Gasteiger partial charge is 0.550 e. The van der Waals surface area contributed by atoms with Gasteiger partial charge in [-0.3, -0.25) is 0 Å². The van der Waals surface area contributed by atoms with E-state index in [0.717, 1.165) is 19.3 Å². The Bertz CT molecular complexity index is 191. The van der Waals surface area contributed by atoms with Gasteiger partial charge in [0.2, 0.25) is 0 Å². The van der Waals surface area contributed by atoms with Crippen molar-refractivity contribution in [3.63, 3.8) is 0 Å². The van der Waals surface area contributed by atoms with Gasteiger partial charge in [-0.05, 0) is 24.7 Å². The number of carboxylic acids is 2. The highest BCUT2D eigenvalue weighted by Gasteiger charge is 2.04. The molecule has 15 heavy (non-hydrogen) atoms. The number of hydrogen-bond acceptors (Lipinski definition) is 4. The summed E-state index contributed by atoms with van der Waals surface area (Å²) in [6.07, 6.45) is 3.66. The number of aliphatic carboxylic acids is 2. The van der Waals surface area contributed by atoms with Gasteiger partial charge in [0.05, 0.1) is 0 Å². The average Bonchev–Trinajstić information content (AvgIpc) is 2.16. The Hall–Kier alpha value is -1.06. The lowest BCUT2D eigenvalue weighted by Crippen LogP contribution is -2.29. The zero-order valence-corrected chi connectivity index (χ0v) is 9.32. The third kappa shape index (κ3) is 6.94. The maximum Gasteiger partial charge on any atom is 0.0442 e. The van der Waals surface area contributed by atoms with Crippen molar-refractivity contribution in [1.82, 2.24) is 0 Å². The van der Waals surface area contributed by atoms with E-state index in [1.165, 1.54) is 0 Å². The molecule has 4 heteroatoms. The van der Waals surface area contributed by atoms with Crippen molar-refractivity contribution in [2.75, 3.05) is 0 Å². The standard InChI is InChI=1S/C11H20O4/c1-8(10(12)13)6-4-3-5-7-9(2)11(14)15/h8-9H,3-7H2,1-2H3,(H,12,13)(H,14,15)/p-2/t8-,9+. The van der Waals surface area contributed by atoms with Crippen molar-refractivity contribution >= 4 is 11.9 Å². The Morgan fingerprint density at radius 2 is 1.20 bits per heavy atom. The summed E-state index contributed by atoms with van der Waals surface area (Å²) < 4.78 is 0. The van der Waals surface area contributed by atoms with Gasteiger partial charge in [-0.1, -0.05) is 33.1 Å². The highest BCUT2D eigenvalue weighted by atomic mass is 16.4. The van der Waals surface area contributed by atoms with Crippen LogP contribution in [0.2, 0.25) is 0 Å². The number of carboxylic acid groups (broad SMARTS) is 2. The molecule has 0 aromatic rings. The van der Waals surface area contributed by atoms with Crippen LogP contribution in [-0.2, 0) is 9.59 Å². The van der Waals surface area contributed by atoms with E-state index in [0.29, 0.717) is 12.8 Å². The minimum Gasteiger partial charge on any atom is -0.550 e. The van der Waals surface area contributed by atoms with Crippen LogP contribution in [-0.4, -0.2) is 11.9 Å². The Kier molecular flexibility index (Phi) is 6.75. The van der Waals surface area contributed by atoms with Crippen LogP contribution in [0.4, 0.5) is 0 Å². The lowest BCUT2D eigenvalue weighted by Gasteiger charge is -2.13. The van der Waals surface area contributed by atoms with E-state index >= 15 is 0 Å². The van der Waals surface area contributed by atoms with Crippen LogP contribution in [0.1, 0.15) is 46.0 Å². The molecule has 0 radical (unpaired) electrons. The molecular formula is C11H18O4-2. The molecule has 0 N–H and O–H groups in total. The second kappa shape index (κ2) is 7.26. The maximum atomic E-state index is 10.4. The first kappa shape index (κ1) is 13.9. The summed E-state index contributed by atoms with van der Waals surface area (Å²) in [4.78, 5) is 20.7. The molecule has 0 amide bonds. The molecule has 0 heterocycles. The first-order chi connectivity index (χ1) is 6.95. The summed E-state index contributed by atoms with van der Waals surface area (Å²) in [6.45, 7) is 3.25. The van der Waals surface area contributed by atoms with Gasteiger partial charge in [-0.2, -0.15) is 0 Å². The number of carbonyl (C=O) groups is 2. The fourth-order valence-corrected chi connectivity index (χ4v) is 1.31. The first-order valence-corrected chi connectivity index (χ1v) is 5.37. The van der Waals surface area contributed by atoms with E-state index in [1.807, 2.05) is 0 Å². The van der Waals surface area contributed by atoms with Gasteiger partial charge < -0.3 is 19.8 Å². The van der Waals surface area contributed by atoms with Crippen LogP contribution in [0.5, 0.6) is 0 Å². The SMILES string of the molecule is C[C@H](CCCCC[C@H](C)C(=O)[O-])C(=O)[O-]. The summed E-state index contributed by atoms with van der Waals surface area (Å²) in [5, 5.41) is 20.7. The quantitative estimate of drug-likeness (QED) is 0.520. The molecule has 2 atom stereocenters. The van der Waals surface area contributed by atoms with Crippen molar-refractivity contribution in [1.29, 1.82) is 0 Å². The molecule has 0 unspecified atom stereocenters. The minimum absolute atomic E-state index is 0.413. The fourth-order valence-electron chi connectivity index (χ4n) is 1.31. The van der Waals surface area contributed by atoms with Crippen LogP contribution < -0.4 is 10.2 Å². The van der Waals surface area contributed by atoms with Crippen LogP contribution >= 0.6 is 0 Å². The fraction of sp³-hybridized carbons (Fsp3) is 0.818. The van der Waals surface area contributed by atoms with Crippen LogP contribution in [0.15, 0.2) is 0 Å². The highest BCUT2D eigenvalue weighted by Crippen LogP contribution is 2.12. The third-order valence-corrected chi connectivity index (χ3v) is 2.58. The molecule has 0 saturated heterocycles. The van der Waals surface area contributed by atoms with E-state index in [4.69, 9.17) is 0 Å². The number of unbranched alkanes of at least 4 members (excludes halogenated alkanes) is 2. The number of rotatable bonds is 8. The predicted octanol–water partition coefficient (Wildman–Crippen LogP) is -0.291. The van der Waals surface area contributed by atoms with Crippen LogP contribution in [0.3, 0.4) is 0 Å².